The first-order valence-electron chi connectivity index (χ1n) is 7.60. The van der Waals surface area contributed by atoms with Crippen LogP contribution in [-0.4, -0.2) is 35.5 Å². The zero-order chi connectivity index (χ0) is 17.2. The number of carbonyl (C=O) groups is 2. The molecular formula is C17H21ClFNO3. The van der Waals surface area contributed by atoms with E-state index in [-0.39, 0.29) is 11.7 Å². The maximum Gasteiger partial charge on any atom is 0.410 e. The van der Waals surface area contributed by atoms with Crippen molar-refractivity contribution in [1.29, 1.82) is 0 Å². The van der Waals surface area contributed by atoms with Crippen LogP contribution in [0.5, 0.6) is 0 Å². The Morgan fingerprint density at radius 2 is 2.13 bits per heavy atom. The van der Waals surface area contributed by atoms with Crippen molar-refractivity contribution in [3.63, 3.8) is 0 Å². The van der Waals surface area contributed by atoms with Crippen LogP contribution in [0.2, 0.25) is 5.02 Å². The highest BCUT2D eigenvalue weighted by Gasteiger charge is 2.32. The lowest BCUT2D eigenvalue weighted by Crippen LogP contribution is -2.46. The van der Waals surface area contributed by atoms with E-state index in [1.54, 1.807) is 31.7 Å². The van der Waals surface area contributed by atoms with Gasteiger partial charge in [-0.05, 0) is 44.9 Å². The molecule has 1 aromatic rings. The fourth-order valence-corrected chi connectivity index (χ4v) is 2.78. The van der Waals surface area contributed by atoms with E-state index in [0.29, 0.717) is 36.5 Å². The number of hydrogen-bond acceptors (Lipinski definition) is 3. The maximum atomic E-state index is 13.1. The lowest BCUT2D eigenvalue weighted by Gasteiger charge is -2.33. The molecule has 0 aromatic heterocycles. The topological polar surface area (TPSA) is 46.6 Å². The molecular weight excluding hydrogens is 321 g/mol. The zero-order valence-corrected chi connectivity index (χ0v) is 14.3. The molecule has 126 valence electrons. The summed E-state index contributed by atoms with van der Waals surface area (Å²) < 4.78 is 18.5. The van der Waals surface area contributed by atoms with E-state index in [1.165, 1.54) is 12.1 Å². The molecule has 0 aliphatic carbocycles. The molecule has 1 fully saturated rings. The smallest absolute Gasteiger partial charge is 0.410 e. The van der Waals surface area contributed by atoms with Gasteiger partial charge in [0, 0.05) is 30.5 Å². The number of halogens is 2. The highest BCUT2D eigenvalue weighted by atomic mass is 35.5. The van der Waals surface area contributed by atoms with Gasteiger partial charge in [0.1, 0.15) is 17.2 Å². The summed E-state index contributed by atoms with van der Waals surface area (Å²) in [5.41, 5.74) is 0.131. The van der Waals surface area contributed by atoms with Crippen LogP contribution in [0.1, 0.15) is 32.8 Å². The van der Waals surface area contributed by atoms with Crippen molar-refractivity contribution < 1.29 is 18.7 Å². The minimum Gasteiger partial charge on any atom is -0.444 e. The largest absolute Gasteiger partial charge is 0.444 e. The van der Waals surface area contributed by atoms with Gasteiger partial charge < -0.3 is 9.64 Å². The average molecular weight is 342 g/mol. The number of benzene rings is 1. The van der Waals surface area contributed by atoms with Crippen LogP contribution in [0.15, 0.2) is 18.2 Å². The molecule has 6 heteroatoms. The molecule has 0 spiro atoms. The van der Waals surface area contributed by atoms with E-state index in [4.69, 9.17) is 16.3 Å². The number of ether oxygens (including phenoxy) is 1. The summed E-state index contributed by atoms with van der Waals surface area (Å²) in [7, 11) is 0. The lowest BCUT2D eigenvalue weighted by atomic mass is 9.90. The highest BCUT2D eigenvalue weighted by Crippen LogP contribution is 2.24. The number of hydrogen-bond donors (Lipinski definition) is 0. The predicted octanol–water partition coefficient (Wildman–Crippen LogP) is 3.85. The SMILES string of the molecule is CC(C)(C)OC(=O)N1CCC(=O)C(Cc2ccc(F)cc2Cl)C1. The Morgan fingerprint density at radius 1 is 1.43 bits per heavy atom. The van der Waals surface area contributed by atoms with Crippen molar-refractivity contribution in [2.45, 2.75) is 39.2 Å². The zero-order valence-electron chi connectivity index (χ0n) is 13.6. The minimum absolute atomic E-state index is 0.0881. The Bertz CT molecular complexity index is 612. The third-order valence-corrected chi connectivity index (χ3v) is 4.01. The first-order valence-corrected chi connectivity index (χ1v) is 7.98. The Labute approximate surface area is 140 Å². The summed E-state index contributed by atoms with van der Waals surface area (Å²) in [4.78, 5) is 25.8. The number of likely N-dealkylation sites (tertiary alicyclic amines) is 1. The maximum absolute atomic E-state index is 13.1. The average Bonchev–Trinajstić information content (AvgIpc) is 2.42. The minimum atomic E-state index is -0.575. The van der Waals surface area contributed by atoms with Gasteiger partial charge in [-0.15, -0.1) is 0 Å². The summed E-state index contributed by atoms with van der Waals surface area (Å²) >= 11 is 6.03. The first-order chi connectivity index (χ1) is 10.7. The van der Waals surface area contributed by atoms with E-state index >= 15 is 0 Å². The monoisotopic (exact) mass is 341 g/mol. The van der Waals surface area contributed by atoms with Crippen LogP contribution in [0.4, 0.5) is 9.18 Å². The van der Waals surface area contributed by atoms with Crippen molar-refractivity contribution in [2.24, 2.45) is 5.92 Å². The van der Waals surface area contributed by atoms with Crippen LogP contribution < -0.4 is 0 Å². The van der Waals surface area contributed by atoms with Crippen molar-refractivity contribution in [3.8, 4) is 0 Å². The Balaban J connectivity index is 2.06. The van der Waals surface area contributed by atoms with Crippen molar-refractivity contribution >= 4 is 23.5 Å². The molecule has 1 amide bonds. The number of Topliss-reactive ketones (excluding diaryl/α,β-unsaturated/α-hetero) is 1. The number of piperidine rings is 1. The molecule has 1 unspecified atom stereocenters. The van der Waals surface area contributed by atoms with Gasteiger partial charge in [-0.3, -0.25) is 4.79 Å². The lowest BCUT2D eigenvalue weighted by molar-refractivity contribution is -0.125. The standard InChI is InChI=1S/C17H21ClFNO3/c1-17(2,3)23-16(22)20-7-6-15(21)12(10-20)8-11-4-5-13(19)9-14(11)18/h4-5,9,12H,6-8,10H2,1-3H3. The summed E-state index contributed by atoms with van der Waals surface area (Å²) in [5, 5.41) is 0.298. The van der Waals surface area contributed by atoms with Crippen LogP contribution in [0.3, 0.4) is 0 Å². The van der Waals surface area contributed by atoms with Gasteiger partial charge in [0.15, 0.2) is 0 Å². The van der Waals surface area contributed by atoms with E-state index < -0.39 is 17.5 Å². The molecule has 1 aromatic carbocycles. The Kier molecular flexibility index (Phi) is 5.30. The van der Waals surface area contributed by atoms with E-state index in [0.717, 1.165) is 0 Å². The molecule has 1 saturated heterocycles. The molecule has 1 atom stereocenters. The first kappa shape index (κ1) is 17.7. The van der Waals surface area contributed by atoms with Gasteiger partial charge in [-0.2, -0.15) is 0 Å². The van der Waals surface area contributed by atoms with E-state index in [1.807, 2.05) is 0 Å². The van der Waals surface area contributed by atoms with Crippen LogP contribution >= 0.6 is 11.6 Å². The molecule has 1 aliphatic heterocycles. The summed E-state index contributed by atoms with van der Waals surface area (Å²) in [5.74, 6) is -0.673. The molecule has 1 heterocycles. The van der Waals surface area contributed by atoms with Gasteiger partial charge >= 0.3 is 6.09 Å². The second-order valence-electron chi connectivity index (χ2n) is 6.78. The van der Waals surface area contributed by atoms with Crippen molar-refractivity contribution in [2.75, 3.05) is 13.1 Å². The fourth-order valence-electron chi connectivity index (χ4n) is 2.53. The van der Waals surface area contributed by atoms with Gasteiger partial charge in [0.2, 0.25) is 0 Å². The van der Waals surface area contributed by atoms with Gasteiger partial charge in [0.25, 0.3) is 0 Å². The fraction of sp³-hybridized carbons (Fsp3) is 0.529. The number of carbonyl (C=O) groups excluding carboxylic acids is 2. The summed E-state index contributed by atoms with van der Waals surface area (Å²) in [6.07, 6.45) is 0.264. The van der Waals surface area contributed by atoms with Gasteiger partial charge in [-0.25, -0.2) is 9.18 Å². The van der Waals surface area contributed by atoms with Crippen LogP contribution in [-0.2, 0) is 16.0 Å². The highest BCUT2D eigenvalue weighted by molar-refractivity contribution is 6.31. The molecule has 0 bridgehead atoms. The van der Waals surface area contributed by atoms with Crippen molar-refractivity contribution in [3.05, 3.63) is 34.6 Å². The number of amides is 1. The van der Waals surface area contributed by atoms with Crippen LogP contribution in [0.25, 0.3) is 0 Å². The Morgan fingerprint density at radius 3 is 2.74 bits per heavy atom. The van der Waals surface area contributed by atoms with Gasteiger partial charge in [-0.1, -0.05) is 17.7 Å². The van der Waals surface area contributed by atoms with Crippen LogP contribution in [0, 0.1) is 11.7 Å². The molecule has 2 rings (SSSR count). The molecule has 0 N–H and O–H groups in total. The van der Waals surface area contributed by atoms with Gasteiger partial charge in [0.05, 0.1) is 0 Å². The summed E-state index contributed by atoms with van der Waals surface area (Å²) in [6, 6.07) is 4.13. The second kappa shape index (κ2) is 6.87. The number of nitrogens with zero attached hydrogens (tertiary/aromatic N) is 1. The summed E-state index contributed by atoms with van der Waals surface area (Å²) in [6.45, 7) is 6.06. The predicted molar refractivity (Wildman–Crippen MR) is 86.0 cm³/mol. The molecule has 1 aliphatic rings. The second-order valence-corrected chi connectivity index (χ2v) is 7.19. The molecule has 0 saturated carbocycles. The van der Waals surface area contributed by atoms with Crippen molar-refractivity contribution in [1.82, 2.24) is 4.90 Å². The normalized spacial score (nSPS) is 18.9. The van der Waals surface area contributed by atoms with E-state index in [9.17, 15) is 14.0 Å². The number of rotatable bonds is 2. The molecule has 4 nitrogen and oxygen atoms in total. The quantitative estimate of drug-likeness (QED) is 0.821. The van der Waals surface area contributed by atoms with E-state index in [2.05, 4.69) is 0 Å². The number of ketones is 1. The molecule has 23 heavy (non-hydrogen) atoms. The Hall–Kier alpha value is -1.62. The molecule has 0 radical (unpaired) electrons. The third-order valence-electron chi connectivity index (χ3n) is 3.66. The third kappa shape index (κ3) is 4.93.